The molecule has 1 heterocycles. The number of aryl methyl sites for hydroxylation is 1. The number of hydrogen-bond acceptors (Lipinski definition) is 1. The van der Waals surface area contributed by atoms with Crippen LogP contribution in [0.25, 0.3) is 0 Å². The van der Waals surface area contributed by atoms with Crippen molar-refractivity contribution < 1.29 is 13.2 Å². The van der Waals surface area contributed by atoms with Gasteiger partial charge in [-0.05, 0) is 49.9 Å². The van der Waals surface area contributed by atoms with E-state index in [1.807, 2.05) is 0 Å². The van der Waals surface area contributed by atoms with Crippen LogP contribution in [-0.4, -0.2) is 13.1 Å². The first-order valence-electron chi connectivity index (χ1n) is 5.51. The minimum absolute atomic E-state index is 0.269. The van der Waals surface area contributed by atoms with Crippen LogP contribution in [-0.2, 0) is 6.42 Å². The van der Waals surface area contributed by atoms with Gasteiger partial charge in [-0.15, -0.1) is 0 Å². The number of benzene rings is 1. The maximum absolute atomic E-state index is 13.3. The second-order valence-electron chi connectivity index (χ2n) is 4.26. The van der Waals surface area contributed by atoms with Crippen molar-refractivity contribution in [2.45, 2.75) is 19.3 Å². The van der Waals surface area contributed by atoms with Gasteiger partial charge in [-0.3, -0.25) is 0 Å². The zero-order valence-corrected chi connectivity index (χ0v) is 8.90. The van der Waals surface area contributed by atoms with Gasteiger partial charge in [-0.2, -0.15) is 0 Å². The molecule has 16 heavy (non-hydrogen) atoms. The number of hydrogen-bond donors (Lipinski definition) is 1. The summed E-state index contributed by atoms with van der Waals surface area (Å²) in [4.78, 5) is 0. The van der Waals surface area contributed by atoms with Crippen LogP contribution in [0.15, 0.2) is 12.1 Å². The molecule has 1 aromatic rings. The SMILES string of the molecule is Fc1cc(F)c(CCC2CCNC2)cc1F. The molecule has 1 aliphatic rings. The Kier molecular flexibility index (Phi) is 3.49. The fourth-order valence-electron chi connectivity index (χ4n) is 2.08. The van der Waals surface area contributed by atoms with E-state index >= 15 is 0 Å². The third-order valence-electron chi connectivity index (χ3n) is 3.07. The Morgan fingerprint density at radius 3 is 2.56 bits per heavy atom. The predicted octanol–water partition coefficient (Wildman–Crippen LogP) is 2.65. The van der Waals surface area contributed by atoms with Gasteiger partial charge >= 0.3 is 0 Å². The quantitative estimate of drug-likeness (QED) is 0.786. The molecule has 0 radical (unpaired) electrons. The number of rotatable bonds is 3. The molecule has 1 nitrogen and oxygen atoms in total. The average Bonchev–Trinajstić information content (AvgIpc) is 2.74. The molecule has 0 amide bonds. The van der Waals surface area contributed by atoms with Crippen molar-refractivity contribution in [3.63, 3.8) is 0 Å². The van der Waals surface area contributed by atoms with Gasteiger partial charge in [0.1, 0.15) is 5.82 Å². The monoisotopic (exact) mass is 229 g/mol. The van der Waals surface area contributed by atoms with Crippen molar-refractivity contribution in [1.82, 2.24) is 5.32 Å². The van der Waals surface area contributed by atoms with Gasteiger partial charge < -0.3 is 5.32 Å². The normalized spacial score (nSPS) is 20.3. The number of halogens is 3. The summed E-state index contributed by atoms with van der Waals surface area (Å²) < 4.78 is 38.9. The molecule has 4 heteroatoms. The first-order chi connectivity index (χ1) is 7.66. The second-order valence-corrected chi connectivity index (χ2v) is 4.26. The standard InChI is InChI=1S/C12H14F3N/c13-10-6-12(15)11(14)5-9(10)2-1-8-3-4-16-7-8/h5-6,8,16H,1-4,7H2. The summed E-state index contributed by atoms with van der Waals surface area (Å²) in [5.41, 5.74) is 0.269. The Labute approximate surface area is 92.7 Å². The highest BCUT2D eigenvalue weighted by Gasteiger charge is 2.16. The fraction of sp³-hybridized carbons (Fsp3) is 0.500. The first-order valence-corrected chi connectivity index (χ1v) is 5.51. The third kappa shape index (κ3) is 2.55. The average molecular weight is 229 g/mol. The van der Waals surface area contributed by atoms with E-state index < -0.39 is 17.5 Å². The predicted molar refractivity (Wildman–Crippen MR) is 55.6 cm³/mol. The Bertz CT molecular complexity index is 373. The summed E-state index contributed by atoms with van der Waals surface area (Å²) in [5.74, 6) is -2.22. The van der Waals surface area contributed by atoms with Crippen LogP contribution >= 0.6 is 0 Å². The summed E-state index contributed by atoms with van der Waals surface area (Å²) in [6.07, 6.45) is 2.36. The lowest BCUT2D eigenvalue weighted by atomic mass is 9.98. The molecule has 1 saturated heterocycles. The molecule has 88 valence electrons. The molecule has 1 fully saturated rings. The molecule has 0 saturated carbocycles. The molecule has 1 aliphatic heterocycles. The van der Waals surface area contributed by atoms with E-state index in [1.54, 1.807) is 0 Å². The van der Waals surface area contributed by atoms with Gasteiger partial charge in [-0.1, -0.05) is 0 Å². The molecular weight excluding hydrogens is 215 g/mol. The Morgan fingerprint density at radius 2 is 1.88 bits per heavy atom. The highest BCUT2D eigenvalue weighted by atomic mass is 19.2. The lowest BCUT2D eigenvalue weighted by molar-refractivity contribution is 0.481. The van der Waals surface area contributed by atoms with Crippen LogP contribution in [0.1, 0.15) is 18.4 Å². The molecule has 1 atom stereocenters. The van der Waals surface area contributed by atoms with Crippen LogP contribution in [0.3, 0.4) is 0 Å². The molecule has 0 aromatic heterocycles. The van der Waals surface area contributed by atoms with Gasteiger partial charge in [0.15, 0.2) is 11.6 Å². The van der Waals surface area contributed by atoms with Crippen molar-refractivity contribution in [3.8, 4) is 0 Å². The van der Waals surface area contributed by atoms with Crippen LogP contribution in [0, 0.1) is 23.4 Å². The van der Waals surface area contributed by atoms with E-state index in [2.05, 4.69) is 5.32 Å². The van der Waals surface area contributed by atoms with Crippen LogP contribution in [0.5, 0.6) is 0 Å². The number of nitrogens with one attached hydrogen (secondary N) is 1. The van der Waals surface area contributed by atoms with Gasteiger partial charge in [0.2, 0.25) is 0 Å². The Balaban J connectivity index is 2.00. The molecule has 2 rings (SSSR count). The van der Waals surface area contributed by atoms with E-state index in [-0.39, 0.29) is 5.56 Å². The van der Waals surface area contributed by atoms with Crippen LogP contribution in [0.2, 0.25) is 0 Å². The molecule has 0 spiro atoms. The lowest BCUT2D eigenvalue weighted by Crippen LogP contribution is -2.10. The van der Waals surface area contributed by atoms with E-state index in [0.29, 0.717) is 18.4 Å². The second kappa shape index (κ2) is 4.87. The lowest BCUT2D eigenvalue weighted by Gasteiger charge is -2.08. The maximum Gasteiger partial charge on any atom is 0.161 e. The molecule has 1 unspecified atom stereocenters. The van der Waals surface area contributed by atoms with Crippen molar-refractivity contribution in [2.75, 3.05) is 13.1 Å². The largest absolute Gasteiger partial charge is 0.316 e. The summed E-state index contributed by atoms with van der Waals surface area (Å²) in [6, 6.07) is 1.59. The van der Waals surface area contributed by atoms with Gasteiger partial charge in [0.05, 0.1) is 0 Å². The molecule has 1 N–H and O–H groups in total. The van der Waals surface area contributed by atoms with E-state index in [4.69, 9.17) is 0 Å². The van der Waals surface area contributed by atoms with Crippen molar-refractivity contribution in [1.29, 1.82) is 0 Å². The molecule has 1 aromatic carbocycles. The fourth-order valence-corrected chi connectivity index (χ4v) is 2.08. The van der Waals surface area contributed by atoms with E-state index in [9.17, 15) is 13.2 Å². The summed E-state index contributed by atoms with van der Waals surface area (Å²) in [6.45, 7) is 1.93. The van der Waals surface area contributed by atoms with Crippen LogP contribution in [0.4, 0.5) is 13.2 Å². The van der Waals surface area contributed by atoms with Gasteiger partial charge in [0.25, 0.3) is 0 Å². The molecule has 0 bridgehead atoms. The van der Waals surface area contributed by atoms with Crippen molar-refractivity contribution in [2.24, 2.45) is 5.92 Å². The van der Waals surface area contributed by atoms with E-state index in [1.165, 1.54) is 0 Å². The van der Waals surface area contributed by atoms with Crippen molar-refractivity contribution in [3.05, 3.63) is 35.1 Å². The Hall–Kier alpha value is -1.03. The molecule has 0 aliphatic carbocycles. The summed E-state index contributed by atoms with van der Waals surface area (Å²) in [5, 5.41) is 3.22. The van der Waals surface area contributed by atoms with Crippen LogP contribution < -0.4 is 5.32 Å². The minimum atomic E-state index is -1.12. The van der Waals surface area contributed by atoms with E-state index in [0.717, 1.165) is 32.0 Å². The molecular formula is C12H14F3N. The Morgan fingerprint density at radius 1 is 1.12 bits per heavy atom. The summed E-state index contributed by atoms with van der Waals surface area (Å²) in [7, 11) is 0. The highest BCUT2D eigenvalue weighted by molar-refractivity contribution is 5.20. The minimum Gasteiger partial charge on any atom is -0.316 e. The zero-order chi connectivity index (χ0) is 11.5. The van der Waals surface area contributed by atoms with Gasteiger partial charge in [0, 0.05) is 6.07 Å². The highest BCUT2D eigenvalue weighted by Crippen LogP contribution is 2.19. The summed E-state index contributed by atoms with van der Waals surface area (Å²) >= 11 is 0. The van der Waals surface area contributed by atoms with Crippen molar-refractivity contribution >= 4 is 0 Å². The smallest absolute Gasteiger partial charge is 0.161 e. The third-order valence-corrected chi connectivity index (χ3v) is 3.07. The topological polar surface area (TPSA) is 12.0 Å². The zero-order valence-electron chi connectivity index (χ0n) is 8.90. The maximum atomic E-state index is 13.3. The first kappa shape index (κ1) is 11.5. The van der Waals surface area contributed by atoms with Gasteiger partial charge in [-0.25, -0.2) is 13.2 Å².